The van der Waals surface area contributed by atoms with Crippen LogP contribution in [0.1, 0.15) is 23.7 Å². The van der Waals surface area contributed by atoms with Gasteiger partial charge in [0.1, 0.15) is 17.1 Å². The van der Waals surface area contributed by atoms with Gasteiger partial charge < -0.3 is 9.84 Å². The number of benzene rings is 1. The zero-order chi connectivity index (χ0) is 17.6. The summed E-state index contributed by atoms with van der Waals surface area (Å²) < 4.78 is 44.5. The maximum Gasteiger partial charge on any atom is 0.343 e. The highest BCUT2D eigenvalue weighted by Gasteiger charge is 2.31. The molecule has 1 aliphatic heterocycles. The summed E-state index contributed by atoms with van der Waals surface area (Å²) in [7, 11) is -3.57. The lowest BCUT2D eigenvalue weighted by Gasteiger charge is -2.21. The van der Waals surface area contributed by atoms with Gasteiger partial charge >= 0.3 is 5.97 Å². The zero-order valence-corrected chi connectivity index (χ0v) is 13.8. The molecule has 9 heteroatoms. The molecule has 2 aromatic rings. The molecular formula is C15H15FN2O5S. The van der Waals surface area contributed by atoms with Crippen molar-refractivity contribution >= 4 is 15.8 Å². The lowest BCUT2D eigenvalue weighted by Crippen LogP contribution is -2.24. The molecule has 128 valence electrons. The Bertz CT molecular complexity index is 936. The highest BCUT2D eigenvalue weighted by atomic mass is 32.2. The van der Waals surface area contributed by atoms with E-state index in [4.69, 9.17) is 4.74 Å². The van der Waals surface area contributed by atoms with E-state index < -0.39 is 21.6 Å². The standard InChI is InChI=1S/C15H15FN2O5S/c1-8-5-6-18-14(23-8)12(15(19)20)13(17-18)10-7-9(24(2,21)22)3-4-11(10)16/h3-4,7-8H,5-6H2,1-2H3,(H,19,20)/t8-/m1/s1. The molecule has 1 aliphatic rings. The molecule has 0 spiro atoms. The summed E-state index contributed by atoms with van der Waals surface area (Å²) >= 11 is 0. The quantitative estimate of drug-likeness (QED) is 0.846. The number of aryl methyl sites for hydroxylation is 1. The molecule has 0 saturated carbocycles. The van der Waals surface area contributed by atoms with Crippen molar-refractivity contribution in [1.82, 2.24) is 9.78 Å². The number of carboxylic acid groups (broad SMARTS) is 1. The number of hydrogen-bond acceptors (Lipinski definition) is 5. The molecule has 1 N–H and O–H groups in total. The van der Waals surface area contributed by atoms with Crippen LogP contribution < -0.4 is 4.74 Å². The average molecular weight is 354 g/mol. The minimum atomic E-state index is -3.57. The summed E-state index contributed by atoms with van der Waals surface area (Å²) in [4.78, 5) is 11.5. The van der Waals surface area contributed by atoms with Gasteiger partial charge in [-0.2, -0.15) is 5.10 Å². The van der Waals surface area contributed by atoms with Crippen molar-refractivity contribution < 1.29 is 27.4 Å². The largest absolute Gasteiger partial charge is 0.477 e. The smallest absolute Gasteiger partial charge is 0.343 e. The van der Waals surface area contributed by atoms with Gasteiger partial charge in [0.2, 0.25) is 5.88 Å². The number of aromatic carboxylic acids is 1. The maximum atomic E-state index is 14.3. The number of aromatic nitrogens is 2. The third-order valence-corrected chi connectivity index (χ3v) is 4.91. The lowest BCUT2D eigenvalue weighted by molar-refractivity contribution is 0.0684. The van der Waals surface area contributed by atoms with Crippen molar-refractivity contribution in [3.05, 3.63) is 29.6 Å². The highest BCUT2D eigenvalue weighted by Crippen LogP contribution is 2.35. The van der Waals surface area contributed by atoms with E-state index in [9.17, 15) is 22.7 Å². The Morgan fingerprint density at radius 1 is 1.46 bits per heavy atom. The molecule has 0 bridgehead atoms. The average Bonchev–Trinajstić information content (AvgIpc) is 2.84. The minimum Gasteiger partial charge on any atom is -0.477 e. The Labute approximate surface area is 137 Å². The normalized spacial score (nSPS) is 17.2. The van der Waals surface area contributed by atoms with Crippen LogP contribution in [0.2, 0.25) is 0 Å². The van der Waals surface area contributed by atoms with E-state index in [1.165, 1.54) is 4.68 Å². The van der Waals surface area contributed by atoms with Crippen LogP contribution in [0.15, 0.2) is 23.1 Å². The minimum absolute atomic E-state index is 0.0559. The number of nitrogens with zero attached hydrogens (tertiary/aromatic N) is 2. The second-order valence-corrected chi connectivity index (χ2v) is 7.70. The molecule has 3 rings (SSSR count). The first-order chi connectivity index (χ1) is 11.2. The van der Waals surface area contributed by atoms with Crippen LogP contribution in [0.5, 0.6) is 5.88 Å². The van der Waals surface area contributed by atoms with Crippen molar-refractivity contribution in [2.24, 2.45) is 0 Å². The van der Waals surface area contributed by atoms with E-state index in [1.54, 1.807) is 6.92 Å². The number of ether oxygens (including phenoxy) is 1. The lowest BCUT2D eigenvalue weighted by atomic mass is 10.1. The monoisotopic (exact) mass is 354 g/mol. The van der Waals surface area contributed by atoms with Gasteiger partial charge in [-0.25, -0.2) is 22.3 Å². The van der Waals surface area contributed by atoms with Crippen LogP contribution in [0.3, 0.4) is 0 Å². The molecule has 2 heterocycles. The van der Waals surface area contributed by atoms with E-state index in [0.29, 0.717) is 13.0 Å². The molecule has 0 saturated heterocycles. The Balaban J connectivity index is 2.26. The molecule has 7 nitrogen and oxygen atoms in total. The van der Waals surface area contributed by atoms with Crippen LogP contribution in [0.25, 0.3) is 11.3 Å². The molecule has 0 fully saturated rings. The number of sulfone groups is 1. The van der Waals surface area contributed by atoms with Crippen LogP contribution in [-0.4, -0.2) is 41.6 Å². The number of fused-ring (bicyclic) bond motifs is 1. The van der Waals surface area contributed by atoms with Crippen LogP contribution in [0.4, 0.5) is 4.39 Å². The summed E-state index contributed by atoms with van der Waals surface area (Å²) in [6, 6.07) is 3.21. The van der Waals surface area contributed by atoms with E-state index in [0.717, 1.165) is 24.5 Å². The van der Waals surface area contributed by atoms with E-state index >= 15 is 0 Å². The Kier molecular flexibility index (Phi) is 3.83. The fourth-order valence-electron chi connectivity index (χ4n) is 2.57. The van der Waals surface area contributed by atoms with E-state index in [1.807, 2.05) is 0 Å². The van der Waals surface area contributed by atoms with Gasteiger partial charge in [0, 0.05) is 24.8 Å². The van der Waals surface area contributed by atoms with Gasteiger partial charge in [0.15, 0.2) is 9.84 Å². The highest BCUT2D eigenvalue weighted by molar-refractivity contribution is 7.90. The summed E-state index contributed by atoms with van der Waals surface area (Å²) in [6.45, 7) is 2.23. The van der Waals surface area contributed by atoms with Crippen LogP contribution >= 0.6 is 0 Å². The number of hydrogen-bond donors (Lipinski definition) is 1. The fraction of sp³-hybridized carbons (Fsp3) is 0.333. The molecule has 1 aromatic heterocycles. The van der Waals surface area contributed by atoms with E-state index in [2.05, 4.69) is 5.10 Å². The predicted octanol–water partition coefficient (Wildman–Crippen LogP) is 1.96. The number of halogens is 1. The second-order valence-electron chi connectivity index (χ2n) is 5.69. The van der Waals surface area contributed by atoms with Crippen molar-refractivity contribution in [3.8, 4) is 17.1 Å². The van der Waals surface area contributed by atoms with Crippen molar-refractivity contribution in [2.75, 3.05) is 6.26 Å². The SMILES string of the molecule is C[C@@H]1CCn2nc(-c3cc(S(C)(=O)=O)ccc3F)c(C(=O)O)c2O1. The predicted molar refractivity (Wildman–Crippen MR) is 82.4 cm³/mol. The van der Waals surface area contributed by atoms with Crippen molar-refractivity contribution in [3.63, 3.8) is 0 Å². The summed E-state index contributed by atoms with van der Waals surface area (Å²) in [6.07, 6.45) is 1.44. The zero-order valence-electron chi connectivity index (χ0n) is 13.0. The molecule has 0 unspecified atom stereocenters. The third-order valence-electron chi connectivity index (χ3n) is 3.80. The first-order valence-corrected chi connectivity index (χ1v) is 9.08. The first kappa shape index (κ1) is 16.4. The topological polar surface area (TPSA) is 98.5 Å². The molecule has 0 amide bonds. The van der Waals surface area contributed by atoms with Gasteiger partial charge in [0.25, 0.3) is 0 Å². The van der Waals surface area contributed by atoms with Crippen molar-refractivity contribution in [1.29, 1.82) is 0 Å². The Hall–Kier alpha value is -2.42. The molecule has 1 atom stereocenters. The third kappa shape index (κ3) is 2.75. The van der Waals surface area contributed by atoms with Gasteiger partial charge in [-0.05, 0) is 25.1 Å². The number of rotatable bonds is 3. The molecule has 1 aromatic carbocycles. The summed E-state index contributed by atoms with van der Waals surface area (Å²) in [5.74, 6) is -2.02. The van der Waals surface area contributed by atoms with Crippen LogP contribution in [-0.2, 0) is 16.4 Å². The Morgan fingerprint density at radius 3 is 2.79 bits per heavy atom. The van der Waals surface area contributed by atoms with Gasteiger partial charge in [0.05, 0.1) is 11.0 Å². The molecule has 0 radical (unpaired) electrons. The molecule has 0 aliphatic carbocycles. The molecule has 24 heavy (non-hydrogen) atoms. The van der Waals surface area contributed by atoms with Crippen LogP contribution in [0, 0.1) is 5.82 Å². The Morgan fingerprint density at radius 2 is 2.17 bits per heavy atom. The summed E-state index contributed by atoms with van der Waals surface area (Å²) in [5.41, 5.74) is -0.603. The first-order valence-electron chi connectivity index (χ1n) is 7.19. The van der Waals surface area contributed by atoms with Gasteiger partial charge in [-0.1, -0.05) is 0 Å². The van der Waals surface area contributed by atoms with Gasteiger partial charge in [-0.3, -0.25) is 0 Å². The number of carboxylic acids is 1. The second kappa shape index (κ2) is 5.59. The molecular weight excluding hydrogens is 339 g/mol. The number of carbonyl (C=O) groups is 1. The summed E-state index contributed by atoms with van der Waals surface area (Å²) in [5, 5.41) is 13.6. The van der Waals surface area contributed by atoms with Gasteiger partial charge in [-0.15, -0.1) is 0 Å². The van der Waals surface area contributed by atoms with E-state index in [-0.39, 0.29) is 33.7 Å². The fourth-order valence-corrected chi connectivity index (χ4v) is 3.22. The van der Waals surface area contributed by atoms with Crippen molar-refractivity contribution in [2.45, 2.75) is 30.9 Å². The maximum absolute atomic E-state index is 14.3.